The minimum absolute atomic E-state index is 0.0219. The second kappa shape index (κ2) is 8.07. The van der Waals surface area contributed by atoms with E-state index in [2.05, 4.69) is 10.3 Å². The van der Waals surface area contributed by atoms with Crippen LogP contribution in [0, 0.1) is 0 Å². The van der Waals surface area contributed by atoms with Crippen LogP contribution in [0.2, 0.25) is 0 Å². The number of hydrogen-bond acceptors (Lipinski definition) is 3. The van der Waals surface area contributed by atoms with E-state index in [1.807, 2.05) is 12.1 Å². The highest BCUT2D eigenvalue weighted by molar-refractivity contribution is 6.17. The lowest BCUT2D eigenvalue weighted by Gasteiger charge is -2.05. The lowest BCUT2D eigenvalue weighted by Crippen LogP contribution is -2.24. The molecule has 88 valence electrons. The molecule has 1 rings (SSSR count). The van der Waals surface area contributed by atoms with Crippen molar-refractivity contribution in [3.63, 3.8) is 0 Å². The highest BCUT2D eigenvalue weighted by Gasteiger charge is 2.00. The molecular weight excluding hydrogens is 228 g/mol. The van der Waals surface area contributed by atoms with Crippen LogP contribution in [0.4, 0.5) is 0 Å². The Labute approximate surface area is 100.0 Å². The standard InChI is InChI=1S/C11H15ClN2O2/c12-4-8-16-7-3-11(15)14-9-10-1-5-13-6-2-10/h1-2,5-6H,3-4,7-9H2,(H,14,15). The van der Waals surface area contributed by atoms with Gasteiger partial charge in [-0.2, -0.15) is 0 Å². The summed E-state index contributed by atoms with van der Waals surface area (Å²) in [5.74, 6) is 0.435. The molecule has 0 aliphatic rings. The molecule has 0 saturated carbocycles. The van der Waals surface area contributed by atoms with Gasteiger partial charge in [0.05, 0.1) is 13.2 Å². The summed E-state index contributed by atoms with van der Waals surface area (Å²) < 4.78 is 5.10. The Hall–Kier alpha value is -1.13. The van der Waals surface area contributed by atoms with Crippen molar-refractivity contribution >= 4 is 17.5 Å². The minimum atomic E-state index is -0.0219. The van der Waals surface area contributed by atoms with E-state index in [0.717, 1.165) is 5.56 Å². The van der Waals surface area contributed by atoms with Gasteiger partial charge in [-0.1, -0.05) is 0 Å². The number of nitrogens with zero attached hydrogens (tertiary/aromatic N) is 1. The van der Waals surface area contributed by atoms with Crippen molar-refractivity contribution < 1.29 is 9.53 Å². The van der Waals surface area contributed by atoms with Crippen LogP contribution in [-0.4, -0.2) is 30.0 Å². The monoisotopic (exact) mass is 242 g/mol. The van der Waals surface area contributed by atoms with E-state index in [0.29, 0.717) is 32.1 Å². The van der Waals surface area contributed by atoms with E-state index in [1.54, 1.807) is 12.4 Å². The zero-order chi connectivity index (χ0) is 11.6. The Kier molecular flexibility index (Phi) is 6.53. The molecule has 1 heterocycles. The number of carbonyl (C=O) groups is 1. The molecule has 1 aromatic rings. The molecule has 1 amide bonds. The molecule has 4 nitrogen and oxygen atoms in total. The van der Waals surface area contributed by atoms with Gasteiger partial charge in [-0.05, 0) is 17.7 Å². The number of amides is 1. The highest BCUT2D eigenvalue weighted by Crippen LogP contribution is 1.95. The maximum Gasteiger partial charge on any atom is 0.222 e. The van der Waals surface area contributed by atoms with E-state index in [4.69, 9.17) is 16.3 Å². The summed E-state index contributed by atoms with van der Waals surface area (Å²) in [6.07, 6.45) is 3.76. The Balaban J connectivity index is 2.11. The summed E-state index contributed by atoms with van der Waals surface area (Å²) >= 11 is 5.43. The Morgan fingerprint density at radius 1 is 1.38 bits per heavy atom. The quantitative estimate of drug-likeness (QED) is 0.580. The van der Waals surface area contributed by atoms with Crippen molar-refractivity contribution in [2.75, 3.05) is 19.1 Å². The fraction of sp³-hybridized carbons (Fsp3) is 0.455. The van der Waals surface area contributed by atoms with E-state index < -0.39 is 0 Å². The smallest absolute Gasteiger partial charge is 0.222 e. The fourth-order valence-corrected chi connectivity index (χ4v) is 1.22. The SMILES string of the molecule is O=C(CCOCCCl)NCc1ccncc1. The molecule has 1 N–H and O–H groups in total. The molecule has 0 bridgehead atoms. The minimum Gasteiger partial charge on any atom is -0.380 e. The van der Waals surface area contributed by atoms with E-state index in [9.17, 15) is 4.79 Å². The third-order valence-corrected chi connectivity index (χ3v) is 2.09. The van der Waals surface area contributed by atoms with Gasteiger partial charge in [0.15, 0.2) is 0 Å². The number of rotatable bonds is 7. The molecule has 0 spiro atoms. The lowest BCUT2D eigenvalue weighted by molar-refractivity contribution is -0.122. The third-order valence-electron chi connectivity index (χ3n) is 1.93. The number of alkyl halides is 1. The average Bonchev–Trinajstić information content (AvgIpc) is 2.33. The maximum atomic E-state index is 11.3. The summed E-state index contributed by atoms with van der Waals surface area (Å²) in [6.45, 7) is 1.42. The molecule has 0 unspecified atom stereocenters. The molecule has 0 fully saturated rings. The number of carbonyl (C=O) groups excluding carboxylic acids is 1. The molecular formula is C11H15ClN2O2. The number of pyridine rings is 1. The molecule has 0 saturated heterocycles. The first kappa shape index (κ1) is 12.9. The first-order chi connectivity index (χ1) is 7.83. The van der Waals surface area contributed by atoms with Crippen LogP contribution in [0.5, 0.6) is 0 Å². The van der Waals surface area contributed by atoms with Crippen LogP contribution in [0.3, 0.4) is 0 Å². The highest BCUT2D eigenvalue weighted by atomic mass is 35.5. The van der Waals surface area contributed by atoms with Gasteiger partial charge in [0, 0.05) is 31.2 Å². The van der Waals surface area contributed by atoms with Gasteiger partial charge >= 0.3 is 0 Å². The first-order valence-corrected chi connectivity index (χ1v) is 5.65. The largest absolute Gasteiger partial charge is 0.380 e. The van der Waals surface area contributed by atoms with E-state index in [1.165, 1.54) is 0 Å². The topological polar surface area (TPSA) is 51.2 Å². The van der Waals surface area contributed by atoms with Gasteiger partial charge in [-0.15, -0.1) is 11.6 Å². The molecule has 0 aromatic carbocycles. The molecule has 0 aliphatic heterocycles. The molecule has 0 atom stereocenters. The summed E-state index contributed by atoms with van der Waals surface area (Å²) in [4.78, 5) is 15.2. The zero-order valence-corrected chi connectivity index (χ0v) is 9.74. The Bertz CT molecular complexity index is 306. The van der Waals surface area contributed by atoms with Gasteiger partial charge in [0.25, 0.3) is 0 Å². The van der Waals surface area contributed by atoms with Crippen LogP contribution in [0.15, 0.2) is 24.5 Å². The van der Waals surface area contributed by atoms with Crippen molar-refractivity contribution in [1.82, 2.24) is 10.3 Å². The molecule has 1 aromatic heterocycles. The Morgan fingerprint density at radius 3 is 2.81 bits per heavy atom. The van der Waals surface area contributed by atoms with Gasteiger partial charge in [0.1, 0.15) is 0 Å². The molecule has 16 heavy (non-hydrogen) atoms. The van der Waals surface area contributed by atoms with E-state index in [-0.39, 0.29) is 5.91 Å². The van der Waals surface area contributed by atoms with Gasteiger partial charge in [0.2, 0.25) is 5.91 Å². The second-order valence-electron chi connectivity index (χ2n) is 3.18. The van der Waals surface area contributed by atoms with Crippen LogP contribution in [0.1, 0.15) is 12.0 Å². The Morgan fingerprint density at radius 2 is 2.12 bits per heavy atom. The van der Waals surface area contributed by atoms with Crippen molar-refractivity contribution in [1.29, 1.82) is 0 Å². The molecule has 5 heteroatoms. The fourth-order valence-electron chi connectivity index (χ4n) is 1.11. The van der Waals surface area contributed by atoms with Gasteiger partial charge in [-0.3, -0.25) is 9.78 Å². The first-order valence-electron chi connectivity index (χ1n) is 5.12. The number of halogens is 1. The number of nitrogens with one attached hydrogen (secondary N) is 1. The number of hydrogen-bond donors (Lipinski definition) is 1. The summed E-state index contributed by atoms with van der Waals surface area (Å²) in [7, 11) is 0. The maximum absolute atomic E-state index is 11.3. The normalized spacial score (nSPS) is 10.1. The van der Waals surface area contributed by atoms with Crippen molar-refractivity contribution in [2.24, 2.45) is 0 Å². The summed E-state index contributed by atoms with van der Waals surface area (Å²) in [5.41, 5.74) is 1.03. The third kappa shape index (κ3) is 5.68. The van der Waals surface area contributed by atoms with Crippen molar-refractivity contribution in [2.45, 2.75) is 13.0 Å². The van der Waals surface area contributed by atoms with Crippen LogP contribution >= 0.6 is 11.6 Å². The zero-order valence-electron chi connectivity index (χ0n) is 8.99. The molecule has 0 aliphatic carbocycles. The summed E-state index contributed by atoms with van der Waals surface area (Å²) in [5, 5.41) is 2.80. The van der Waals surface area contributed by atoms with Gasteiger partial charge in [-0.25, -0.2) is 0 Å². The van der Waals surface area contributed by atoms with Crippen LogP contribution < -0.4 is 5.32 Å². The average molecular weight is 243 g/mol. The van der Waals surface area contributed by atoms with Crippen molar-refractivity contribution in [3.8, 4) is 0 Å². The van der Waals surface area contributed by atoms with E-state index >= 15 is 0 Å². The molecule has 0 radical (unpaired) electrons. The van der Waals surface area contributed by atoms with Crippen LogP contribution in [0.25, 0.3) is 0 Å². The lowest BCUT2D eigenvalue weighted by atomic mass is 10.2. The van der Waals surface area contributed by atoms with Crippen LogP contribution in [-0.2, 0) is 16.1 Å². The number of ether oxygens (including phenoxy) is 1. The summed E-state index contributed by atoms with van der Waals surface area (Å²) in [6, 6.07) is 3.73. The second-order valence-corrected chi connectivity index (χ2v) is 3.56. The van der Waals surface area contributed by atoms with Crippen molar-refractivity contribution in [3.05, 3.63) is 30.1 Å². The predicted octanol–water partition coefficient (Wildman–Crippen LogP) is 1.34. The predicted molar refractivity (Wildman–Crippen MR) is 62.2 cm³/mol. The van der Waals surface area contributed by atoms with Gasteiger partial charge < -0.3 is 10.1 Å². The number of aromatic nitrogens is 1.